The summed E-state index contributed by atoms with van der Waals surface area (Å²) in [5.41, 5.74) is 1.86. The van der Waals surface area contributed by atoms with Crippen molar-refractivity contribution in [3.05, 3.63) is 29.8 Å². The maximum atomic E-state index is 5.76. The van der Waals surface area contributed by atoms with Crippen LogP contribution in [0.3, 0.4) is 0 Å². The highest BCUT2D eigenvalue weighted by Crippen LogP contribution is 2.45. The van der Waals surface area contributed by atoms with Crippen molar-refractivity contribution in [1.29, 1.82) is 0 Å². The summed E-state index contributed by atoms with van der Waals surface area (Å²) in [6.07, 6.45) is 3.76. The number of benzene rings is 1. The van der Waals surface area contributed by atoms with E-state index in [1.54, 1.807) is 0 Å². The molecule has 18 heavy (non-hydrogen) atoms. The highest BCUT2D eigenvalue weighted by molar-refractivity contribution is 5.41. The van der Waals surface area contributed by atoms with E-state index in [9.17, 15) is 0 Å². The molecule has 1 spiro atoms. The van der Waals surface area contributed by atoms with Crippen LogP contribution in [0.25, 0.3) is 0 Å². The molecule has 2 aliphatic heterocycles. The second-order valence-electron chi connectivity index (χ2n) is 5.18. The van der Waals surface area contributed by atoms with Gasteiger partial charge in [0.15, 0.2) is 0 Å². The smallest absolute Gasteiger partial charge is 0.123 e. The zero-order chi connectivity index (χ0) is 13.0. The minimum absolute atomic E-state index is 0.404. The number of nitrogens with zero attached hydrogens (tertiary/aromatic N) is 1. The van der Waals surface area contributed by atoms with Gasteiger partial charge in [-0.25, -0.2) is 0 Å². The number of ether oxygens (including phenoxy) is 1. The van der Waals surface area contributed by atoms with E-state index >= 15 is 0 Å². The number of likely N-dealkylation sites (tertiary alicyclic amines) is 1. The van der Waals surface area contributed by atoms with Crippen molar-refractivity contribution in [3.63, 3.8) is 0 Å². The van der Waals surface area contributed by atoms with Crippen LogP contribution >= 0.6 is 0 Å². The fraction of sp³-hybridized carbons (Fsp3) is 0.625. The Morgan fingerprint density at radius 2 is 1.72 bits per heavy atom. The monoisotopic (exact) mass is 247 g/mol. The topological polar surface area (TPSA) is 12.5 Å². The van der Waals surface area contributed by atoms with Crippen LogP contribution < -0.4 is 4.74 Å². The Kier molecular flexibility index (Phi) is 4.28. The average Bonchev–Trinajstić information content (AvgIpc) is 2.45. The molecular weight excluding hydrogens is 222 g/mol. The number of hydrogen-bond acceptors (Lipinski definition) is 2. The highest BCUT2D eigenvalue weighted by Gasteiger charge is 2.39. The van der Waals surface area contributed by atoms with Crippen molar-refractivity contribution in [2.24, 2.45) is 0 Å². The largest absolute Gasteiger partial charge is 0.493 e. The van der Waals surface area contributed by atoms with Gasteiger partial charge in [0.2, 0.25) is 0 Å². The summed E-state index contributed by atoms with van der Waals surface area (Å²) in [6.45, 7) is 7.32. The Morgan fingerprint density at radius 3 is 2.44 bits per heavy atom. The first kappa shape index (κ1) is 13.4. The standard InChI is InChI=1S/C14H19NO.C2H6/c1-15-9-6-14(7-10-15)8-11-16-13-5-3-2-4-12(13)14;1-2/h2-5H,6-11H2,1H3;1-2H3. The van der Waals surface area contributed by atoms with Gasteiger partial charge in [0.05, 0.1) is 6.61 Å². The fourth-order valence-corrected chi connectivity index (χ4v) is 3.09. The lowest BCUT2D eigenvalue weighted by molar-refractivity contribution is 0.132. The molecule has 2 heterocycles. The maximum Gasteiger partial charge on any atom is 0.123 e. The molecule has 0 aliphatic carbocycles. The first-order valence-electron chi connectivity index (χ1n) is 7.21. The lowest BCUT2D eigenvalue weighted by Crippen LogP contribution is -2.43. The molecule has 1 aromatic carbocycles. The van der Waals surface area contributed by atoms with Crippen molar-refractivity contribution in [2.75, 3.05) is 26.7 Å². The molecule has 1 saturated heterocycles. The molecule has 100 valence electrons. The predicted octanol–water partition coefficient (Wildman–Crippen LogP) is 3.46. The Balaban J connectivity index is 0.000000574. The molecule has 1 aromatic rings. The van der Waals surface area contributed by atoms with Crippen LogP contribution in [0.15, 0.2) is 24.3 Å². The van der Waals surface area contributed by atoms with Gasteiger partial charge in [-0.2, -0.15) is 0 Å². The summed E-state index contributed by atoms with van der Waals surface area (Å²) >= 11 is 0. The maximum absolute atomic E-state index is 5.76. The Morgan fingerprint density at radius 1 is 1.06 bits per heavy atom. The summed E-state index contributed by atoms with van der Waals surface area (Å²) in [5.74, 6) is 1.12. The van der Waals surface area contributed by atoms with Gasteiger partial charge in [-0.05, 0) is 45.5 Å². The summed E-state index contributed by atoms with van der Waals surface area (Å²) in [5, 5.41) is 0. The summed E-state index contributed by atoms with van der Waals surface area (Å²) in [6, 6.07) is 8.61. The first-order chi connectivity index (χ1) is 8.80. The van der Waals surface area contributed by atoms with E-state index in [1.165, 1.54) is 37.9 Å². The van der Waals surface area contributed by atoms with Gasteiger partial charge < -0.3 is 9.64 Å². The SMILES string of the molecule is CC.CN1CCC2(CCOc3ccccc32)CC1. The third-order valence-electron chi connectivity index (χ3n) is 4.24. The van der Waals surface area contributed by atoms with Crippen LogP contribution in [0.1, 0.15) is 38.7 Å². The molecule has 0 amide bonds. The molecule has 0 unspecified atom stereocenters. The van der Waals surface area contributed by atoms with E-state index < -0.39 is 0 Å². The number of hydrogen-bond donors (Lipinski definition) is 0. The minimum Gasteiger partial charge on any atom is -0.493 e. The molecule has 0 saturated carbocycles. The van der Waals surface area contributed by atoms with E-state index in [1.807, 2.05) is 13.8 Å². The van der Waals surface area contributed by atoms with Crippen LogP contribution in [0.4, 0.5) is 0 Å². The number of rotatable bonds is 0. The van der Waals surface area contributed by atoms with Crippen molar-refractivity contribution >= 4 is 0 Å². The van der Waals surface area contributed by atoms with Crippen molar-refractivity contribution in [2.45, 2.75) is 38.5 Å². The third kappa shape index (κ3) is 2.39. The van der Waals surface area contributed by atoms with Crippen LogP contribution in [-0.2, 0) is 5.41 Å². The van der Waals surface area contributed by atoms with Crippen LogP contribution in [0, 0.1) is 0 Å². The first-order valence-corrected chi connectivity index (χ1v) is 7.21. The quantitative estimate of drug-likeness (QED) is 0.696. The highest BCUT2D eigenvalue weighted by atomic mass is 16.5. The Hall–Kier alpha value is -1.02. The zero-order valence-electron chi connectivity index (χ0n) is 11.9. The lowest BCUT2D eigenvalue weighted by Gasteiger charge is -2.44. The second kappa shape index (κ2) is 5.75. The minimum atomic E-state index is 0.404. The molecule has 3 rings (SSSR count). The van der Waals surface area contributed by atoms with Crippen molar-refractivity contribution < 1.29 is 4.74 Å². The number of piperidine rings is 1. The number of fused-ring (bicyclic) bond motifs is 2. The van der Waals surface area contributed by atoms with Crippen molar-refractivity contribution in [1.82, 2.24) is 4.90 Å². The summed E-state index contributed by atoms with van der Waals surface area (Å²) < 4.78 is 5.76. The van der Waals surface area contributed by atoms with Crippen LogP contribution in [-0.4, -0.2) is 31.6 Å². The van der Waals surface area contributed by atoms with Crippen LogP contribution in [0.5, 0.6) is 5.75 Å². The van der Waals surface area contributed by atoms with E-state index in [0.29, 0.717) is 5.41 Å². The second-order valence-corrected chi connectivity index (χ2v) is 5.18. The summed E-state index contributed by atoms with van der Waals surface area (Å²) in [4.78, 5) is 2.43. The average molecular weight is 247 g/mol. The third-order valence-corrected chi connectivity index (χ3v) is 4.24. The Labute approximate surface area is 111 Å². The van der Waals surface area contributed by atoms with E-state index in [0.717, 1.165) is 12.4 Å². The van der Waals surface area contributed by atoms with Gasteiger partial charge in [-0.15, -0.1) is 0 Å². The number of para-hydroxylation sites is 1. The molecule has 0 radical (unpaired) electrons. The molecule has 0 aromatic heterocycles. The predicted molar refractivity (Wildman–Crippen MR) is 76.3 cm³/mol. The van der Waals surface area contributed by atoms with Gasteiger partial charge in [-0.3, -0.25) is 0 Å². The van der Waals surface area contributed by atoms with Gasteiger partial charge in [0, 0.05) is 11.0 Å². The van der Waals surface area contributed by atoms with Gasteiger partial charge in [0.25, 0.3) is 0 Å². The fourth-order valence-electron chi connectivity index (χ4n) is 3.09. The zero-order valence-corrected chi connectivity index (χ0v) is 11.9. The van der Waals surface area contributed by atoms with Gasteiger partial charge >= 0.3 is 0 Å². The lowest BCUT2D eigenvalue weighted by atomic mass is 9.69. The van der Waals surface area contributed by atoms with E-state index in [2.05, 4.69) is 36.2 Å². The van der Waals surface area contributed by atoms with E-state index in [-0.39, 0.29) is 0 Å². The summed E-state index contributed by atoms with van der Waals surface area (Å²) in [7, 11) is 2.22. The van der Waals surface area contributed by atoms with E-state index in [4.69, 9.17) is 4.74 Å². The molecule has 0 atom stereocenters. The van der Waals surface area contributed by atoms with Gasteiger partial charge in [-0.1, -0.05) is 32.0 Å². The molecule has 1 fully saturated rings. The molecule has 2 aliphatic rings. The van der Waals surface area contributed by atoms with Crippen LogP contribution in [0.2, 0.25) is 0 Å². The van der Waals surface area contributed by atoms with Crippen molar-refractivity contribution in [3.8, 4) is 5.75 Å². The molecule has 2 nitrogen and oxygen atoms in total. The molecule has 2 heteroatoms. The molecule has 0 N–H and O–H groups in total. The van der Waals surface area contributed by atoms with Gasteiger partial charge in [0.1, 0.15) is 5.75 Å². The normalized spacial score (nSPS) is 21.5. The molecule has 0 bridgehead atoms. The Bertz CT molecular complexity index is 380. The molecular formula is C16H25NO.